The van der Waals surface area contributed by atoms with Crippen LogP contribution in [0.4, 0.5) is 0 Å². The highest BCUT2D eigenvalue weighted by Gasteiger charge is 2.13. The number of aromatic nitrogens is 3. The fraction of sp³-hybridized carbons (Fsp3) is 0.316. The van der Waals surface area contributed by atoms with E-state index in [1.165, 1.54) is 10.4 Å². The second-order valence-corrected chi connectivity index (χ2v) is 7.36. The minimum Gasteiger partial charge on any atom is -0.352 e. The molecule has 3 aromatic rings. The Morgan fingerprint density at radius 3 is 2.44 bits per heavy atom. The highest BCUT2D eigenvalue weighted by atomic mass is 127. The lowest BCUT2D eigenvalue weighted by Crippen LogP contribution is -2.36. The van der Waals surface area contributed by atoms with Gasteiger partial charge in [0.25, 0.3) is 0 Å². The van der Waals surface area contributed by atoms with Crippen LogP contribution in [-0.4, -0.2) is 27.8 Å². The highest BCUT2D eigenvalue weighted by Crippen LogP contribution is 2.17. The van der Waals surface area contributed by atoms with Crippen molar-refractivity contribution in [2.75, 3.05) is 7.05 Å². The van der Waals surface area contributed by atoms with Crippen LogP contribution in [0.1, 0.15) is 26.8 Å². The van der Waals surface area contributed by atoms with Crippen LogP contribution in [-0.2, 0) is 13.1 Å². The molecule has 6 nitrogen and oxygen atoms in total. The molecule has 3 rings (SSSR count). The molecular formula is C19H25IN6S. The second-order valence-electron chi connectivity index (χ2n) is 6.04. The van der Waals surface area contributed by atoms with Crippen molar-refractivity contribution in [1.82, 2.24) is 25.4 Å². The summed E-state index contributed by atoms with van der Waals surface area (Å²) >= 11 is 1.69. The zero-order valence-corrected chi connectivity index (χ0v) is 19.1. The van der Waals surface area contributed by atoms with Gasteiger partial charge < -0.3 is 10.6 Å². The molecule has 2 heterocycles. The Morgan fingerprint density at radius 2 is 1.81 bits per heavy atom. The van der Waals surface area contributed by atoms with E-state index in [1.807, 2.05) is 36.0 Å². The molecule has 0 unspecified atom stereocenters. The predicted octanol–water partition coefficient (Wildman–Crippen LogP) is 3.74. The summed E-state index contributed by atoms with van der Waals surface area (Å²) < 4.78 is 1.99. The minimum atomic E-state index is 0. The molecule has 0 amide bonds. The number of hydrogen-bond acceptors (Lipinski definition) is 4. The molecule has 0 atom stereocenters. The van der Waals surface area contributed by atoms with Gasteiger partial charge in [-0.05, 0) is 32.9 Å². The van der Waals surface area contributed by atoms with Crippen LogP contribution in [0.3, 0.4) is 0 Å². The van der Waals surface area contributed by atoms with Gasteiger partial charge in [0.05, 0.1) is 17.9 Å². The van der Waals surface area contributed by atoms with Crippen molar-refractivity contribution in [3.63, 3.8) is 0 Å². The monoisotopic (exact) mass is 496 g/mol. The Hall–Kier alpha value is -1.94. The quantitative estimate of drug-likeness (QED) is 0.321. The maximum absolute atomic E-state index is 4.69. The first-order valence-electron chi connectivity index (χ1n) is 8.55. The lowest BCUT2D eigenvalue weighted by molar-refractivity contribution is 0.797. The lowest BCUT2D eigenvalue weighted by atomic mass is 10.2. The molecular weight excluding hydrogens is 471 g/mol. The van der Waals surface area contributed by atoms with Crippen LogP contribution in [0.5, 0.6) is 0 Å². The van der Waals surface area contributed by atoms with Crippen LogP contribution in [0, 0.1) is 20.8 Å². The second kappa shape index (κ2) is 9.84. The summed E-state index contributed by atoms with van der Waals surface area (Å²) in [5.74, 6) is 0.754. The van der Waals surface area contributed by atoms with Crippen molar-refractivity contribution in [2.24, 2.45) is 4.99 Å². The SMILES string of the molecule is CN=C(NCc1ncc(C)s1)NCc1c(C)nn(-c2ccccc2)c1C.I. The Morgan fingerprint density at radius 1 is 1.11 bits per heavy atom. The fourth-order valence-electron chi connectivity index (χ4n) is 2.79. The first-order chi connectivity index (χ1) is 12.6. The van der Waals surface area contributed by atoms with Gasteiger partial charge in [-0.25, -0.2) is 9.67 Å². The summed E-state index contributed by atoms with van der Waals surface area (Å²) in [6, 6.07) is 10.2. The molecule has 0 fully saturated rings. The summed E-state index contributed by atoms with van der Waals surface area (Å²) in [5, 5.41) is 12.4. The standard InChI is InChI=1S/C19H24N6S.HI/c1-13-10-21-18(26-13)12-23-19(20-4)22-11-17-14(2)24-25(15(17)3)16-8-6-5-7-9-16;/h5-10H,11-12H2,1-4H3,(H2,20,22,23);1H. The van der Waals surface area contributed by atoms with Crippen LogP contribution in [0.25, 0.3) is 5.69 Å². The number of nitrogens with one attached hydrogen (secondary N) is 2. The van der Waals surface area contributed by atoms with Gasteiger partial charge in [0.2, 0.25) is 0 Å². The number of nitrogens with zero attached hydrogens (tertiary/aromatic N) is 4. The van der Waals surface area contributed by atoms with E-state index in [0.29, 0.717) is 13.1 Å². The predicted molar refractivity (Wildman–Crippen MR) is 122 cm³/mol. The third kappa shape index (κ3) is 5.29. The smallest absolute Gasteiger partial charge is 0.191 e. The topological polar surface area (TPSA) is 67.1 Å². The van der Waals surface area contributed by atoms with E-state index >= 15 is 0 Å². The number of rotatable bonds is 5. The van der Waals surface area contributed by atoms with Gasteiger partial charge >= 0.3 is 0 Å². The van der Waals surface area contributed by atoms with Gasteiger partial charge in [-0.1, -0.05) is 18.2 Å². The average Bonchev–Trinajstić information content (AvgIpc) is 3.19. The normalized spacial score (nSPS) is 11.2. The molecule has 8 heteroatoms. The molecule has 2 aromatic heterocycles. The third-order valence-electron chi connectivity index (χ3n) is 4.17. The van der Waals surface area contributed by atoms with Crippen LogP contribution in [0.15, 0.2) is 41.5 Å². The molecule has 144 valence electrons. The first-order valence-corrected chi connectivity index (χ1v) is 9.36. The summed E-state index contributed by atoms with van der Waals surface area (Å²) in [6.45, 7) is 7.53. The highest BCUT2D eigenvalue weighted by molar-refractivity contribution is 14.0. The molecule has 0 saturated carbocycles. The van der Waals surface area contributed by atoms with Crippen molar-refractivity contribution >= 4 is 41.3 Å². The average molecular weight is 496 g/mol. The van der Waals surface area contributed by atoms with E-state index in [0.717, 1.165) is 28.0 Å². The van der Waals surface area contributed by atoms with Crippen molar-refractivity contribution < 1.29 is 0 Å². The molecule has 0 spiro atoms. The Kier molecular flexibility index (Phi) is 7.78. The van der Waals surface area contributed by atoms with Gasteiger partial charge in [0.15, 0.2) is 5.96 Å². The van der Waals surface area contributed by atoms with Crippen molar-refractivity contribution in [2.45, 2.75) is 33.9 Å². The Bertz CT molecular complexity index is 900. The summed E-state index contributed by atoms with van der Waals surface area (Å²) in [7, 11) is 1.77. The number of para-hydroxylation sites is 1. The van der Waals surface area contributed by atoms with Crippen LogP contribution < -0.4 is 10.6 Å². The van der Waals surface area contributed by atoms with E-state index in [1.54, 1.807) is 18.4 Å². The number of thiazole rings is 1. The van der Waals surface area contributed by atoms with Gasteiger partial charge in [0, 0.05) is 35.9 Å². The van der Waals surface area contributed by atoms with Gasteiger partial charge in [0.1, 0.15) is 5.01 Å². The van der Waals surface area contributed by atoms with Crippen molar-refractivity contribution in [3.8, 4) is 5.69 Å². The number of aryl methyl sites for hydroxylation is 2. The van der Waals surface area contributed by atoms with Crippen LogP contribution in [0.2, 0.25) is 0 Å². The molecule has 0 aliphatic carbocycles. The Labute approximate surface area is 181 Å². The van der Waals surface area contributed by atoms with Gasteiger partial charge in [-0.3, -0.25) is 4.99 Å². The summed E-state index contributed by atoms with van der Waals surface area (Å²) in [6.07, 6.45) is 1.89. The van der Waals surface area contributed by atoms with Gasteiger partial charge in [-0.15, -0.1) is 35.3 Å². The first kappa shape index (κ1) is 21.4. The largest absolute Gasteiger partial charge is 0.352 e. The number of hydrogen-bond donors (Lipinski definition) is 2. The molecule has 27 heavy (non-hydrogen) atoms. The zero-order valence-electron chi connectivity index (χ0n) is 16.0. The molecule has 0 radical (unpaired) electrons. The Balaban J connectivity index is 0.00000261. The molecule has 2 N–H and O–H groups in total. The number of benzene rings is 1. The van der Waals surface area contributed by atoms with E-state index in [4.69, 9.17) is 0 Å². The van der Waals surface area contributed by atoms with Crippen molar-refractivity contribution in [1.29, 1.82) is 0 Å². The van der Waals surface area contributed by atoms with E-state index < -0.39 is 0 Å². The molecule has 0 aliphatic rings. The minimum absolute atomic E-state index is 0. The molecule has 0 saturated heterocycles. The van der Waals surface area contributed by atoms with E-state index in [2.05, 4.69) is 51.7 Å². The number of halogens is 1. The fourth-order valence-corrected chi connectivity index (χ4v) is 3.51. The molecule has 1 aromatic carbocycles. The number of guanidine groups is 1. The van der Waals surface area contributed by atoms with Crippen LogP contribution >= 0.6 is 35.3 Å². The van der Waals surface area contributed by atoms with Gasteiger partial charge in [-0.2, -0.15) is 5.10 Å². The van der Waals surface area contributed by atoms with Crippen molar-refractivity contribution in [3.05, 3.63) is 63.4 Å². The number of aliphatic imine (C=N–C) groups is 1. The summed E-state index contributed by atoms with van der Waals surface area (Å²) in [4.78, 5) is 9.87. The third-order valence-corrected chi connectivity index (χ3v) is 5.09. The zero-order chi connectivity index (χ0) is 18.5. The molecule has 0 bridgehead atoms. The maximum atomic E-state index is 4.69. The maximum Gasteiger partial charge on any atom is 0.191 e. The van der Waals surface area contributed by atoms with E-state index in [9.17, 15) is 0 Å². The van der Waals surface area contributed by atoms with E-state index in [-0.39, 0.29) is 24.0 Å². The summed E-state index contributed by atoms with van der Waals surface area (Å²) in [5.41, 5.74) is 4.40. The lowest BCUT2D eigenvalue weighted by Gasteiger charge is -2.11. The molecule has 0 aliphatic heterocycles.